The summed E-state index contributed by atoms with van der Waals surface area (Å²) in [5.74, 6) is 1.67. The lowest BCUT2D eigenvalue weighted by molar-refractivity contribution is 0.366. The third kappa shape index (κ3) is 3.63. The summed E-state index contributed by atoms with van der Waals surface area (Å²) in [6, 6.07) is 0. The van der Waals surface area contributed by atoms with Crippen molar-refractivity contribution in [3.63, 3.8) is 0 Å². The molecule has 0 amide bonds. The van der Waals surface area contributed by atoms with Crippen LogP contribution in [-0.4, -0.2) is 11.0 Å². The Morgan fingerprint density at radius 1 is 1.47 bits per heavy atom. The monoisotopic (exact) mass is 228 g/mol. The average Bonchev–Trinajstić information content (AvgIpc) is 2.55. The van der Waals surface area contributed by atoms with Gasteiger partial charge in [0.2, 0.25) is 0 Å². The summed E-state index contributed by atoms with van der Waals surface area (Å²) >= 11 is 1.78. The smallest absolute Gasteiger partial charge is 0.396 e. The van der Waals surface area contributed by atoms with Crippen molar-refractivity contribution in [2.45, 2.75) is 31.9 Å². The Morgan fingerprint density at radius 3 is 2.73 bits per heavy atom. The Kier molecular flexibility index (Phi) is 4.75. The summed E-state index contributed by atoms with van der Waals surface area (Å²) in [5.41, 5.74) is 0. The van der Waals surface area contributed by atoms with E-state index in [1.54, 1.807) is 11.8 Å². The van der Waals surface area contributed by atoms with Gasteiger partial charge in [0.1, 0.15) is 5.76 Å². The Bertz CT molecular complexity index is 364. The molecule has 0 bridgehead atoms. The second-order valence-corrected chi connectivity index (χ2v) is 4.76. The van der Waals surface area contributed by atoms with Gasteiger partial charge in [-0.05, 0) is 0 Å². The van der Waals surface area contributed by atoms with E-state index in [0.717, 1.165) is 12.2 Å². The van der Waals surface area contributed by atoms with Crippen molar-refractivity contribution in [3.8, 4) is 0 Å². The van der Waals surface area contributed by atoms with Crippen LogP contribution in [0.3, 0.4) is 0 Å². The molecule has 1 heterocycles. The molecule has 15 heavy (non-hydrogen) atoms. The van der Waals surface area contributed by atoms with Gasteiger partial charge in [0.05, 0.1) is 0 Å². The van der Waals surface area contributed by atoms with Crippen LogP contribution in [0.25, 0.3) is 0 Å². The normalized spacial score (nSPS) is 12.7. The van der Waals surface area contributed by atoms with Gasteiger partial charge < -0.3 is 8.83 Å². The van der Waals surface area contributed by atoms with Crippen LogP contribution in [0.15, 0.2) is 26.3 Å². The number of hydrogen-bond acceptors (Lipinski definition) is 4. The van der Waals surface area contributed by atoms with Crippen LogP contribution in [0.4, 0.5) is 0 Å². The molecular formula is C11H16O3S. The molecule has 0 saturated heterocycles. The van der Waals surface area contributed by atoms with Crippen molar-refractivity contribution < 1.29 is 8.83 Å². The van der Waals surface area contributed by atoms with Crippen molar-refractivity contribution in [2.75, 3.05) is 5.75 Å². The second-order valence-electron chi connectivity index (χ2n) is 3.29. The van der Waals surface area contributed by atoms with E-state index in [1.807, 2.05) is 13.0 Å². The number of rotatable bonds is 6. The maximum absolute atomic E-state index is 10.9. The molecule has 3 nitrogen and oxygen atoms in total. The molecule has 1 aromatic heterocycles. The Morgan fingerprint density at radius 2 is 2.13 bits per heavy atom. The van der Waals surface area contributed by atoms with E-state index >= 15 is 0 Å². The lowest BCUT2D eigenvalue weighted by Crippen LogP contribution is -2.03. The van der Waals surface area contributed by atoms with Gasteiger partial charge in [-0.1, -0.05) is 19.9 Å². The third-order valence-electron chi connectivity index (χ3n) is 2.02. The van der Waals surface area contributed by atoms with Gasteiger partial charge in [-0.2, -0.15) is 11.8 Å². The first kappa shape index (κ1) is 12.2. The average molecular weight is 228 g/mol. The minimum atomic E-state index is -0.595. The molecular weight excluding hydrogens is 212 g/mol. The highest BCUT2D eigenvalue weighted by Gasteiger charge is 2.14. The zero-order chi connectivity index (χ0) is 11.3. The maximum Gasteiger partial charge on any atom is 0.519 e. The third-order valence-corrected chi connectivity index (χ3v) is 3.18. The highest BCUT2D eigenvalue weighted by Crippen LogP contribution is 2.18. The van der Waals surface area contributed by atoms with Gasteiger partial charge in [0.25, 0.3) is 0 Å². The number of hydrogen-bond donors (Lipinski definition) is 0. The summed E-state index contributed by atoms with van der Waals surface area (Å²) in [6.45, 7) is 7.71. The molecule has 0 aliphatic heterocycles. The predicted molar refractivity (Wildman–Crippen MR) is 62.4 cm³/mol. The highest BCUT2D eigenvalue weighted by molar-refractivity contribution is 8.00. The van der Waals surface area contributed by atoms with Crippen molar-refractivity contribution >= 4 is 11.8 Å². The number of thioether (sulfide) groups is 1. The summed E-state index contributed by atoms with van der Waals surface area (Å²) in [7, 11) is 0. The van der Waals surface area contributed by atoms with Crippen molar-refractivity contribution in [3.05, 3.63) is 34.8 Å². The van der Waals surface area contributed by atoms with Crippen LogP contribution < -0.4 is 5.82 Å². The highest BCUT2D eigenvalue weighted by atomic mass is 32.2. The standard InChI is InChI=1S/C11H16O3S/c1-4-6-15-8(3)7-10-9(5-2)13-11(12)14-10/h4,8H,1,5-7H2,2-3H3. The van der Waals surface area contributed by atoms with Gasteiger partial charge >= 0.3 is 5.82 Å². The molecule has 1 aromatic rings. The van der Waals surface area contributed by atoms with Crippen LogP contribution in [0.5, 0.6) is 0 Å². The zero-order valence-corrected chi connectivity index (χ0v) is 9.93. The van der Waals surface area contributed by atoms with E-state index in [9.17, 15) is 4.79 Å². The second kappa shape index (κ2) is 5.85. The first-order chi connectivity index (χ1) is 7.17. The summed E-state index contributed by atoms with van der Waals surface area (Å²) < 4.78 is 9.91. The molecule has 0 aliphatic carbocycles. The molecule has 1 rings (SSSR count). The molecule has 0 fully saturated rings. The molecule has 84 valence electrons. The molecule has 1 unspecified atom stereocenters. The van der Waals surface area contributed by atoms with E-state index in [1.165, 1.54) is 0 Å². The largest absolute Gasteiger partial charge is 0.519 e. The molecule has 0 radical (unpaired) electrons. The first-order valence-electron chi connectivity index (χ1n) is 5.01. The molecule has 0 aromatic carbocycles. The van der Waals surface area contributed by atoms with Gasteiger partial charge in [0, 0.05) is 23.8 Å². The quantitative estimate of drug-likeness (QED) is 0.702. The number of aryl methyl sites for hydroxylation is 1. The minimum absolute atomic E-state index is 0.397. The molecule has 1 atom stereocenters. The summed E-state index contributed by atoms with van der Waals surface area (Å²) in [4.78, 5) is 10.9. The van der Waals surface area contributed by atoms with Crippen molar-refractivity contribution in [1.29, 1.82) is 0 Å². The van der Waals surface area contributed by atoms with Crippen LogP contribution in [-0.2, 0) is 12.8 Å². The van der Waals surface area contributed by atoms with E-state index in [2.05, 4.69) is 13.5 Å². The first-order valence-corrected chi connectivity index (χ1v) is 6.06. The van der Waals surface area contributed by atoms with E-state index < -0.39 is 5.82 Å². The van der Waals surface area contributed by atoms with Gasteiger partial charge in [0.15, 0.2) is 5.76 Å². The summed E-state index contributed by atoms with van der Waals surface area (Å²) in [6.07, 6.45) is 3.29. The zero-order valence-electron chi connectivity index (χ0n) is 9.12. The van der Waals surface area contributed by atoms with Crippen molar-refractivity contribution in [2.24, 2.45) is 0 Å². The lowest BCUT2D eigenvalue weighted by Gasteiger charge is -2.07. The Labute approximate surface area is 93.5 Å². The van der Waals surface area contributed by atoms with E-state index in [-0.39, 0.29) is 0 Å². The van der Waals surface area contributed by atoms with Gasteiger partial charge in [-0.25, -0.2) is 4.79 Å². The van der Waals surface area contributed by atoms with Crippen LogP contribution in [0, 0.1) is 0 Å². The topological polar surface area (TPSA) is 43.4 Å². The van der Waals surface area contributed by atoms with Crippen molar-refractivity contribution in [1.82, 2.24) is 0 Å². The fourth-order valence-corrected chi connectivity index (χ4v) is 2.05. The minimum Gasteiger partial charge on any atom is -0.396 e. The fraction of sp³-hybridized carbons (Fsp3) is 0.545. The Hall–Kier alpha value is -0.900. The van der Waals surface area contributed by atoms with Crippen LogP contribution in [0.2, 0.25) is 0 Å². The van der Waals surface area contributed by atoms with Gasteiger partial charge in [-0.15, -0.1) is 6.58 Å². The van der Waals surface area contributed by atoms with Crippen LogP contribution in [0.1, 0.15) is 25.4 Å². The van der Waals surface area contributed by atoms with E-state index in [0.29, 0.717) is 23.2 Å². The molecule has 0 aliphatic rings. The fourth-order valence-electron chi connectivity index (χ4n) is 1.31. The molecule has 4 heteroatoms. The Balaban J connectivity index is 2.62. The van der Waals surface area contributed by atoms with E-state index in [4.69, 9.17) is 8.83 Å². The van der Waals surface area contributed by atoms with Crippen LogP contribution >= 0.6 is 11.8 Å². The maximum atomic E-state index is 10.9. The molecule has 0 saturated carbocycles. The SMILES string of the molecule is C=CCSC(C)Cc1oc(=O)oc1CC. The summed E-state index contributed by atoms with van der Waals surface area (Å²) in [5, 5.41) is 0.397. The lowest BCUT2D eigenvalue weighted by atomic mass is 10.2. The predicted octanol–water partition coefficient (Wildman–Crippen LogP) is 2.65. The van der Waals surface area contributed by atoms with Gasteiger partial charge in [-0.3, -0.25) is 0 Å². The molecule has 0 N–H and O–H groups in total. The molecule has 0 spiro atoms.